The van der Waals surface area contributed by atoms with Crippen molar-refractivity contribution in [3.05, 3.63) is 18.5 Å². The summed E-state index contributed by atoms with van der Waals surface area (Å²) in [6.07, 6.45) is 9.11. The summed E-state index contributed by atoms with van der Waals surface area (Å²) >= 11 is 0. The molecule has 3 heteroatoms. The second-order valence-corrected chi connectivity index (χ2v) is 4.21. The van der Waals surface area contributed by atoms with Gasteiger partial charge in [-0.2, -0.15) is 5.10 Å². The lowest BCUT2D eigenvalue weighted by Crippen LogP contribution is -2.18. The van der Waals surface area contributed by atoms with E-state index < -0.39 is 0 Å². The summed E-state index contributed by atoms with van der Waals surface area (Å²) in [7, 11) is 0. The van der Waals surface area contributed by atoms with Crippen LogP contribution in [-0.2, 0) is 0 Å². The maximum Gasteiger partial charge on any atom is 0.0491 e. The first-order chi connectivity index (χ1) is 6.86. The first-order valence-corrected chi connectivity index (χ1v) is 5.59. The third kappa shape index (κ3) is 2.84. The molecule has 1 atom stereocenters. The average molecular weight is 193 g/mol. The SMILES string of the molecule is CC(CCCNC1CC1)n1cccn1. The second kappa shape index (κ2) is 4.60. The molecule has 3 nitrogen and oxygen atoms in total. The number of hydrogen-bond donors (Lipinski definition) is 1. The minimum absolute atomic E-state index is 0.533. The first kappa shape index (κ1) is 9.71. The van der Waals surface area contributed by atoms with E-state index in [1.165, 1.54) is 25.7 Å². The van der Waals surface area contributed by atoms with Crippen molar-refractivity contribution in [2.24, 2.45) is 0 Å². The zero-order valence-corrected chi connectivity index (χ0v) is 8.82. The molecule has 1 fully saturated rings. The number of nitrogens with zero attached hydrogens (tertiary/aromatic N) is 2. The lowest BCUT2D eigenvalue weighted by atomic mass is 10.2. The fourth-order valence-electron chi connectivity index (χ4n) is 1.66. The van der Waals surface area contributed by atoms with E-state index in [4.69, 9.17) is 0 Å². The van der Waals surface area contributed by atoms with Crippen molar-refractivity contribution in [3.63, 3.8) is 0 Å². The zero-order chi connectivity index (χ0) is 9.80. The Balaban J connectivity index is 1.59. The molecule has 0 aliphatic heterocycles. The molecule has 1 heterocycles. The normalized spacial score (nSPS) is 18.4. The Morgan fingerprint density at radius 2 is 2.43 bits per heavy atom. The monoisotopic (exact) mass is 193 g/mol. The topological polar surface area (TPSA) is 29.9 Å². The van der Waals surface area contributed by atoms with Gasteiger partial charge in [0.2, 0.25) is 0 Å². The summed E-state index contributed by atoms with van der Waals surface area (Å²) in [6, 6.07) is 3.36. The molecular weight excluding hydrogens is 174 g/mol. The molecule has 2 rings (SSSR count). The number of rotatable bonds is 6. The molecule has 0 amide bonds. The Labute approximate surface area is 85.5 Å². The van der Waals surface area contributed by atoms with Gasteiger partial charge in [0.25, 0.3) is 0 Å². The second-order valence-electron chi connectivity index (χ2n) is 4.21. The van der Waals surface area contributed by atoms with E-state index in [0.717, 1.165) is 12.6 Å². The largest absolute Gasteiger partial charge is 0.314 e. The van der Waals surface area contributed by atoms with Crippen LogP contribution >= 0.6 is 0 Å². The van der Waals surface area contributed by atoms with Crippen LogP contribution in [0.5, 0.6) is 0 Å². The molecule has 0 radical (unpaired) electrons. The summed E-state index contributed by atoms with van der Waals surface area (Å²) < 4.78 is 2.04. The van der Waals surface area contributed by atoms with Crippen molar-refractivity contribution < 1.29 is 0 Å². The summed E-state index contributed by atoms with van der Waals surface area (Å²) in [5, 5.41) is 7.77. The number of nitrogens with one attached hydrogen (secondary N) is 1. The van der Waals surface area contributed by atoms with Gasteiger partial charge in [-0.15, -0.1) is 0 Å². The van der Waals surface area contributed by atoms with Gasteiger partial charge in [0.1, 0.15) is 0 Å². The Kier molecular flexibility index (Phi) is 3.19. The summed E-state index contributed by atoms with van der Waals surface area (Å²) in [6.45, 7) is 3.39. The predicted octanol–water partition coefficient (Wildman–Crippen LogP) is 1.98. The van der Waals surface area contributed by atoms with Crippen LogP contribution in [0.3, 0.4) is 0 Å². The molecule has 1 aliphatic rings. The van der Waals surface area contributed by atoms with Gasteiger partial charge in [0.05, 0.1) is 0 Å². The highest BCUT2D eigenvalue weighted by Crippen LogP contribution is 2.19. The summed E-state index contributed by atoms with van der Waals surface area (Å²) in [5.74, 6) is 0. The van der Waals surface area contributed by atoms with Crippen LogP contribution in [0.15, 0.2) is 18.5 Å². The van der Waals surface area contributed by atoms with Crippen molar-refractivity contribution in [2.45, 2.75) is 44.7 Å². The molecule has 1 aliphatic carbocycles. The van der Waals surface area contributed by atoms with Crippen LogP contribution in [0, 0.1) is 0 Å². The Morgan fingerprint density at radius 1 is 1.57 bits per heavy atom. The van der Waals surface area contributed by atoms with Crippen LogP contribution in [0.2, 0.25) is 0 Å². The highest BCUT2D eigenvalue weighted by Gasteiger charge is 2.19. The molecule has 1 aromatic rings. The van der Waals surface area contributed by atoms with Gasteiger partial charge in [-0.3, -0.25) is 4.68 Å². The van der Waals surface area contributed by atoms with E-state index >= 15 is 0 Å². The highest BCUT2D eigenvalue weighted by molar-refractivity contribution is 4.82. The summed E-state index contributed by atoms with van der Waals surface area (Å²) in [4.78, 5) is 0. The van der Waals surface area contributed by atoms with Crippen LogP contribution in [-0.4, -0.2) is 22.4 Å². The van der Waals surface area contributed by atoms with Crippen LogP contribution in [0.4, 0.5) is 0 Å². The van der Waals surface area contributed by atoms with E-state index in [9.17, 15) is 0 Å². The fraction of sp³-hybridized carbons (Fsp3) is 0.727. The lowest BCUT2D eigenvalue weighted by molar-refractivity contribution is 0.438. The zero-order valence-electron chi connectivity index (χ0n) is 8.82. The molecule has 0 bridgehead atoms. The third-order valence-electron chi connectivity index (χ3n) is 2.79. The molecular formula is C11H19N3. The molecule has 0 spiro atoms. The van der Waals surface area contributed by atoms with Crippen molar-refractivity contribution in [2.75, 3.05) is 6.54 Å². The Morgan fingerprint density at radius 3 is 3.07 bits per heavy atom. The van der Waals surface area contributed by atoms with E-state index in [2.05, 4.69) is 17.3 Å². The minimum atomic E-state index is 0.533. The quantitative estimate of drug-likeness (QED) is 0.700. The van der Waals surface area contributed by atoms with Gasteiger partial charge in [-0.25, -0.2) is 0 Å². The fourth-order valence-corrected chi connectivity index (χ4v) is 1.66. The van der Waals surface area contributed by atoms with Gasteiger partial charge in [-0.05, 0) is 45.2 Å². The van der Waals surface area contributed by atoms with Gasteiger partial charge in [-0.1, -0.05) is 0 Å². The molecule has 1 N–H and O–H groups in total. The van der Waals surface area contributed by atoms with Gasteiger partial charge < -0.3 is 5.32 Å². The third-order valence-corrected chi connectivity index (χ3v) is 2.79. The minimum Gasteiger partial charge on any atom is -0.314 e. The molecule has 0 saturated heterocycles. The van der Waals surface area contributed by atoms with E-state index in [0.29, 0.717) is 6.04 Å². The van der Waals surface area contributed by atoms with Crippen molar-refractivity contribution in [1.82, 2.24) is 15.1 Å². The number of aromatic nitrogens is 2. The van der Waals surface area contributed by atoms with Gasteiger partial charge >= 0.3 is 0 Å². The predicted molar refractivity (Wildman–Crippen MR) is 57.2 cm³/mol. The van der Waals surface area contributed by atoms with Gasteiger partial charge in [0, 0.05) is 24.5 Å². The van der Waals surface area contributed by atoms with Crippen molar-refractivity contribution in [3.8, 4) is 0 Å². The maximum atomic E-state index is 4.24. The molecule has 14 heavy (non-hydrogen) atoms. The molecule has 0 aromatic carbocycles. The average Bonchev–Trinajstić information content (AvgIpc) is 2.84. The maximum absolute atomic E-state index is 4.24. The van der Waals surface area contributed by atoms with Crippen molar-refractivity contribution in [1.29, 1.82) is 0 Å². The van der Waals surface area contributed by atoms with Crippen molar-refractivity contribution >= 4 is 0 Å². The summed E-state index contributed by atoms with van der Waals surface area (Å²) in [5.41, 5.74) is 0. The highest BCUT2D eigenvalue weighted by atomic mass is 15.3. The molecule has 1 saturated carbocycles. The van der Waals surface area contributed by atoms with Crippen LogP contribution < -0.4 is 5.32 Å². The van der Waals surface area contributed by atoms with Gasteiger partial charge in [0.15, 0.2) is 0 Å². The van der Waals surface area contributed by atoms with Crippen LogP contribution in [0.25, 0.3) is 0 Å². The molecule has 1 unspecified atom stereocenters. The van der Waals surface area contributed by atoms with E-state index in [-0.39, 0.29) is 0 Å². The lowest BCUT2D eigenvalue weighted by Gasteiger charge is -2.11. The Hall–Kier alpha value is -0.830. The molecule has 78 valence electrons. The first-order valence-electron chi connectivity index (χ1n) is 5.59. The number of hydrogen-bond acceptors (Lipinski definition) is 2. The van der Waals surface area contributed by atoms with E-state index in [1.807, 2.05) is 23.1 Å². The standard InChI is InChI=1S/C11H19N3/c1-10(14-9-3-8-13-14)4-2-7-12-11-5-6-11/h3,8-12H,2,4-7H2,1H3. The smallest absolute Gasteiger partial charge is 0.0491 e. The van der Waals surface area contributed by atoms with Crippen LogP contribution in [0.1, 0.15) is 38.6 Å². The van der Waals surface area contributed by atoms with E-state index in [1.54, 1.807) is 0 Å². The molecule has 1 aromatic heterocycles. The Bertz CT molecular complexity index is 252.